The molecule has 0 saturated carbocycles. The molecule has 11 nitrogen and oxygen atoms in total. The summed E-state index contributed by atoms with van der Waals surface area (Å²) >= 11 is 0. The van der Waals surface area contributed by atoms with Crippen LogP contribution in [-0.4, -0.2) is 76.9 Å². The molecule has 0 spiro atoms. The first-order valence-electron chi connectivity index (χ1n) is 21.4. The molecule has 0 heterocycles. The lowest BCUT2D eigenvalue weighted by atomic mass is 10.1. The number of rotatable bonds is 39. The van der Waals surface area contributed by atoms with E-state index in [9.17, 15) is 29.3 Å². The second kappa shape index (κ2) is 39.5. The highest BCUT2D eigenvalue weighted by atomic mass is 31.2. The van der Waals surface area contributed by atoms with Crippen molar-refractivity contribution in [2.75, 3.05) is 26.4 Å². The molecule has 4 N–H and O–H groups in total. The maximum atomic E-state index is 12.6. The Morgan fingerprint density at radius 1 is 0.607 bits per heavy atom. The first-order chi connectivity index (χ1) is 27.1. The number of hydrogen-bond donors (Lipinski definition) is 4. The molecule has 0 radical (unpaired) electrons. The smallest absolute Gasteiger partial charge is 0.462 e. The lowest BCUT2D eigenvalue weighted by Crippen LogP contribution is -2.29. The van der Waals surface area contributed by atoms with Gasteiger partial charge in [0.05, 0.1) is 25.9 Å². The van der Waals surface area contributed by atoms with Crippen molar-refractivity contribution in [1.29, 1.82) is 0 Å². The van der Waals surface area contributed by atoms with E-state index in [4.69, 9.17) is 19.1 Å². The predicted molar refractivity (Wildman–Crippen MR) is 225 cm³/mol. The summed E-state index contributed by atoms with van der Waals surface area (Å²) in [7, 11) is -4.65. The fourth-order valence-corrected chi connectivity index (χ4v) is 6.14. The number of hydrogen-bond acceptors (Lipinski definition) is 10. The second-order valence-corrected chi connectivity index (χ2v) is 15.7. The summed E-state index contributed by atoms with van der Waals surface area (Å²) in [6, 6.07) is 0. The maximum Gasteiger partial charge on any atom is 0.472 e. The van der Waals surface area contributed by atoms with Gasteiger partial charge in [0.15, 0.2) is 6.10 Å². The zero-order chi connectivity index (χ0) is 41.4. The third-order valence-corrected chi connectivity index (χ3v) is 9.68. The fourth-order valence-electron chi connectivity index (χ4n) is 5.35. The number of phosphoric acid groups is 1. The van der Waals surface area contributed by atoms with Crippen LogP contribution in [0.1, 0.15) is 162 Å². The summed E-state index contributed by atoms with van der Waals surface area (Å²) < 4.78 is 32.6. The van der Waals surface area contributed by atoms with E-state index >= 15 is 0 Å². The van der Waals surface area contributed by atoms with E-state index in [1.807, 2.05) is 18.2 Å². The van der Waals surface area contributed by atoms with Crippen LogP contribution >= 0.6 is 7.82 Å². The van der Waals surface area contributed by atoms with Crippen molar-refractivity contribution < 1.29 is 52.9 Å². The number of ether oxygens (including phenoxy) is 2. The van der Waals surface area contributed by atoms with Crippen LogP contribution in [0.4, 0.5) is 0 Å². The third kappa shape index (κ3) is 38.5. The van der Waals surface area contributed by atoms with Crippen LogP contribution in [0.2, 0.25) is 0 Å². The molecule has 0 amide bonds. The Bertz CT molecular complexity index is 1130. The Balaban J connectivity index is 4.51. The van der Waals surface area contributed by atoms with Gasteiger partial charge in [-0.2, -0.15) is 0 Å². The molecular formula is C44H77O11P. The molecule has 0 aromatic rings. The maximum absolute atomic E-state index is 12.6. The summed E-state index contributed by atoms with van der Waals surface area (Å²) in [4.78, 5) is 34.9. The van der Waals surface area contributed by atoms with Gasteiger partial charge >= 0.3 is 19.8 Å². The Morgan fingerprint density at radius 3 is 1.82 bits per heavy atom. The van der Waals surface area contributed by atoms with Crippen molar-refractivity contribution in [3.05, 3.63) is 60.8 Å². The summed E-state index contributed by atoms with van der Waals surface area (Å²) in [5, 5.41) is 28.4. The molecule has 56 heavy (non-hydrogen) atoms. The van der Waals surface area contributed by atoms with Gasteiger partial charge < -0.3 is 29.7 Å². The predicted octanol–water partition coefficient (Wildman–Crippen LogP) is 10.1. The molecule has 0 rings (SSSR count). The number of unbranched alkanes of at least 4 members (excludes halogenated alkanes) is 15. The van der Waals surface area contributed by atoms with Crippen LogP contribution in [-0.2, 0) is 32.7 Å². The quantitative estimate of drug-likeness (QED) is 0.0153. The number of phosphoric ester groups is 1. The highest BCUT2D eigenvalue weighted by Gasteiger charge is 2.27. The zero-order valence-electron chi connectivity index (χ0n) is 34.7. The Hall–Kier alpha value is -2.37. The monoisotopic (exact) mass is 813 g/mol. The van der Waals surface area contributed by atoms with Crippen molar-refractivity contribution >= 4 is 19.8 Å². The molecule has 0 aliphatic heterocycles. The number of allylic oxidation sites excluding steroid dienone is 8. The Labute approximate surface area is 338 Å². The standard InChI is InChI=1S/C44H77O11P/c1-3-5-7-9-11-13-14-15-16-17-18-20-22-26-31-35-44(49)55-42(39-54-56(50,51)53-37-41(47)36-45)38-52-43(48)34-30-27-23-25-29-33-40(46)32-28-24-21-19-12-10-8-6-4-2/h12,15-16,19,23-25,28-29,33,40-42,45-47H,3-11,13-14,17-18,20-22,26-27,30-32,34-39H2,1-2H3,(H,50,51)/b16-15-,19-12-,25-23+,28-24-,33-29-/t40?,41-,42+/m0/s1. The van der Waals surface area contributed by atoms with Crippen molar-refractivity contribution in [1.82, 2.24) is 0 Å². The number of esters is 2. The molecule has 4 atom stereocenters. The Morgan fingerprint density at radius 2 is 1.14 bits per heavy atom. The Kier molecular flexibility index (Phi) is 37.8. The summed E-state index contributed by atoms with van der Waals surface area (Å²) in [6.07, 6.45) is 39.3. The molecule has 0 fully saturated rings. The van der Waals surface area contributed by atoms with E-state index in [-0.39, 0.29) is 19.4 Å². The van der Waals surface area contributed by atoms with Gasteiger partial charge in [0.1, 0.15) is 12.7 Å². The molecule has 0 bridgehead atoms. The van der Waals surface area contributed by atoms with Gasteiger partial charge in [0.2, 0.25) is 0 Å². The zero-order valence-corrected chi connectivity index (χ0v) is 35.6. The van der Waals surface area contributed by atoms with Gasteiger partial charge in [0, 0.05) is 12.8 Å². The highest BCUT2D eigenvalue weighted by Crippen LogP contribution is 2.43. The molecule has 0 aliphatic carbocycles. The number of carbonyl (C=O) groups is 2. The second-order valence-electron chi connectivity index (χ2n) is 14.2. The van der Waals surface area contributed by atoms with Gasteiger partial charge in [-0.3, -0.25) is 18.6 Å². The molecule has 0 aromatic carbocycles. The summed E-state index contributed by atoms with van der Waals surface area (Å²) in [5.74, 6) is -1.07. The van der Waals surface area contributed by atoms with E-state index in [2.05, 4.69) is 48.8 Å². The lowest BCUT2D eigenvalue weighted by molar-refractivity contribution is -0.161. The fraction of sp³-hybridized carbons (Fsp3) is 0.727. The minimum absolute atomic E-state index is 0.103. The molecule has 0 aromatic heterocycles. The SMILES string of the molecule is CCCCC/C=C\C/C=C\CC(O)/C=C\C=C\CCCC(=O)OC[C@H](COP(=O)(O)OC[C@@H](O)CO)OC(=O)CCCCCCC/C=C\CCCCCCCC. The van der Waals surface area contributed by atoms with Crippen molar-refractivity contribution in [3.63, 3.8) is 0 Å². The van der Waals surface area contributed by atoms with Crippen LogP contribution in [0, 0.1) is 0 Å². The molecule has 0 saturated heterocycles. The van der Waals surface area contributed by atoms with Crippen LogP contribution in [0.5, 0.6) is 0 Å². The summed E-state index contributed by atoms with van der Waals surface area (Å²) in [5.41, 5.74) is 0. The van der Waals surface area contributed by atoms with Gasteiger partial charge in [-0.05, 0) is 70.6 Å². The molecule has 12 heteroatoms. The molecule has 0 aliphatic rings. The largest absolute Gasteiger partial charge is 0.472 e. The first-order valence-corrected chi connectivity index (χ1v) is 22.8. The number of aliphatic hydroxyl groups excluding tert-OH is 3. The van der Waals surface area contributed by atoms with Crippen LogP contribution in [0.25, 0.3) is 0 Å². The minimum Gasteiger partial charge on any atom is -0.462 e. The van der Waals surface area contributed by atoms with E-state index in [1.54, 1.807) is 12.2 Å². The highest BCUT2D eigenvalue weighted by molar-refractivity contribution is 7.47. The number of carbonyl (C=O) groups excluding carboxylic acids is 2. The van der Waals surface area contributed by atoms with Gasteiger partial charge in [-0.15, -0.1) is 0 Å². The minimum atomic E-state index is -4.65. The first kappa shape index (κ1) is 53.6. The van der Waals surface area contributed by atoms with E-state index < -0.39 is 57.9 Å². The van der Waals surface area contributed by atoms with E-state index in [0.717, 1.165) is 51.4 Å². The van der Waals surface area contributed by atoms with Gasteiger partial charge in [-0.25, -0.2) is 4.57 Å². The molecule has 2 unspecified atom stereocenters. The van der Waals surface area contributed by atoms with E-state index in [0.29, 0.717) is 25.7 Å². The van der Waals surface area contributed by atoms with E-state index in [1.165, 1.54) is 57.8 Å². The van der Waals surface area contributed by atoms with Gasteiger partial charge in [-0.1, -0.05) is 139 Å². The topological polar surface area (TPSA) is 169 Å². The van der Waals surface area contributed by atoms with Crippen molar-refractivity contribution in [2.24, 2.45) is 0 Å². The average molecular weight is 813 g/mol. The summed E-state index contributed by atoms with van der Waals surface area (Å²) in [6.45, 7) is 2.16. The van der Waals surface area contributed by atoms with Crippen LogP contribution in [0.3, 0.4) is 0 Å². The average Bonchev–Trinajstić information content (AvgIpc) is 3.18. The lowest BCUT2D eigenvalue weighted by Gasteiger charge is -2.20. The molecule has 324 valence electrons. The third-order valence-electron chi connectivity index (χ3n) is 8.72. The van der Waals surface area contributed by atoms with Crippen LogP contribution in [0.15, 0.2) is 60.8 Å². The van der Waals surface area contributed by atoms with Crippen LogP contribution < -0.4 is 0 Å². The normalized spacial score (nSPS) is 15.0. The van der Waals surface area contributed by atoms with Crippen molar-refractivity contribution in [2.45, 2.75) is 180 Å². The van der Waals surface area contributed by atoms with Crippen molar-refractivity contribution in [3.8, 4) is 0 Å². The molecular weight excluding hydrogens is 735 g/mol. The van der Waals surface area contributed by atoms with Gasteiger partial charge in [0.25, 0.3) is 0 Å². The number of aliphatic hydroxyl groups is 3.